The van der Waals surface area contributed by atoms with E-state index < -0.39 is 0 Å². The topological polar surface area (TPSA) is 59.8 Å². The van der Waals surface area contributed by atoms with E-state index in [9.17, 15) is 9.18 Å². The number of carbonyl (C=O) groups is 1. The quantitative estimate of drug-likeness (QED) is 0.788. The van der Waals surface area contributed by atoms with Crippen LogP contribution in [0.5, 0.6) is 0 Å². The first-order valence-corrected chi connectivity index (χ1v) is 8.30. The van der Waals surface area contributed by atoms with E-state index in [1.165, 1.54) is 22.1 Å². The van der Waals surface area contributed by atoms with Gasteiger partial charge in [0.15, 0.2) is 0 Å². The summed E-state index contributed by atoms with van der Waals surface area (Å²) in [6, 6.07) is 7.98. The molecule has 3 rings (SSSR count). The third-order valence-corrected chi connectivity index (χ3v) is 5.10. The number of carbonyl (C=O) groups excluding carboxylic acids is 1. The first-order valence-electron chi connectivity index (χ1n) is 7.48. The van der Waals surface area contributed by atoms with E-state index >= 15 is 0 Å². The Labute approximate surface area is 143 Å². The van der Waals surface area contributed by atoms with Gasteiger partial charge in [-0.15, -0.1) is 11.3 Å². The number of nitrogens with one attached hydrogen (secondary N) is 1. The maximum absolute atomic E-state index is 13.9. The van der Waals surface area contributed by atoms with Crippen LogP contribution in [0.15, 0.2) is 36.5 Å². The van der Waals surface area contributed by atoms with E-state index in [1.807, 2.05) is 13.8 Å². The molecule has 7 heteroatoms. The molecule has 0 fully saturated rings. The minimum absolute atomic E-state index is 0.206. The molecule has 0 bridgehead atoms. The van der Waals surface area contributed by atoms with Gasteiger partial charge in [-0.25, -0.2) is 9.37 Å². The van der Waals surface area contributed by atoms with Gasteiger partial charge in [0, 0.05) is 18.8 Å². The average Bonchev–Trinajstić information content (AvgIpc) is 3.13. The number of hydrogen-bond acceptors (Lipinski definition) is 4. The number of aryl methyl sites for hydroxylation is 2. The molecule has 1 amide bonds. The van der Waals surface area contributed by atoms with Crippen LogP contribution in [0.2, 0.25) is 0 Å². The Morgan fingerprint density at radius 1 is 1.33 bits per heavy atom. The van der Waals surface area contributed by atoms with Gasteiger partial charge >= 0.3 is 0 Å². The first-order chi connectivity index (χ1) is 11.5. The summed E-state index contributed by atoms with van der Waals surface area (Å²) < 4.78 is 15.5. The molecule has 0 saturated carbocycles. The van der Waals surface area contributed by atoms with Crippen LogP contribution in [0, 0.1) is 12.7 Å². The van der Waals surface area contributed by atoms with Crippen molar-refractivity contribution in [3.63, 3.8) is 0 Å². The van der Waals surface area contributed by atoms with Crippen LogP contribution < -0.4 is 5.32 Å². The highest BCUT2D eigenvalue weighted by molar-refractivity contribution is 7.15. The van der Waals surface area contributed by atoms with E-state index in [0.29, 0.717) is 16.3 Å². The van der Waals surface area contributed by atoms with Crippen LogP contribution in [-0.2, 0) is 7.05 Å². The van der Waals surface area contributed by atoms with Crippen LogP contribution in [0.1, 0.15) is 34.0 Å². The zero-order valence-corrected chi connectivity index (χ0v) is 14.4. The number of aromatic nitrogens is 3. The van der Waals surface area contributed by atoms with Crippen LogP contribution in [-0.4, -0.2) is 20.7 Å². The Hall–Kier alpha value is -2.54. The molecule has 0 aliphatic carbocycles. The van der Waals surface area contributed by atoms with Crippen molar-refractivity contribution in [3.05, 3.63) is 58.6 Å². The molecule has 0 aliphatic heterocycles. The molecule has 24 heavy (non-hydrogen) atoms. The maximum atomic E-state index is 13.9. The van der Waals surface area contributed by atoms with E-state index in [2.05, 4.69) is 15.4 Å². The molecule has 0 aliphatic rings. The van der Waals surface area contributed by atoms with Gasteiger partial charge in [-0.2, -0.15) is 5.10 Å². The highest BCUT2D eigenvalue weighted by Gasteiger charge is 2.20. The third-order valence-electron chi connectivity index (χ3n) is 3.73. The second-order valence-corrected chi connectivity index (χ2v) is 6.51. The highest BCUT2D eigenvalue weighted by atomic mass is 32.1. The van der Waals surface area contributed by atoms with Crippen molar-refractivity contribution in [3.8, 4) is 10.6 Å². The molecule has 0 saturated heterocycles. The predicted octanol–water partition coefficient (Wildman–Crippen LogP) is 3.48. The fraction of sp³-hybridized carbons (Fsp3) is 0.235. The Bertz CT molecular complexity index is 886. The summed E-state index contributed by atoms with van der Waals surface area (Å²) in [5.41, 5.74) is 1.75. The van der Waals surface area contributed by atoms with Crippen molar-refractivity contribution in [1.82, 2.24) is 20.1 Å². The maximum Gasteiger partial charge on any atom is 0.270 e. The van der Waals surface area contributed by atoms with Gasteiger partial charge in [0.25, 0.3) is 5.91 Å². The van der Waals surface area contributed by atoms with Gasteiger partial charge in [-0.1, -0.05) is 12.1 Å². The van der Waals surface area contributed by atoms with Crippen molar-refractivity contribution in [2.45, 2.75) is 19.9 Å². The summed E-state index contributed by atoms with van der Waals surface area (Å²) in [7, 11) is 1.72. The molecule has 124 valence electrons. The Morgan fingerprint density at radius 2 is 2.08 bits per heavy atom. The number of rotatable bonds is 4. The average molecular weight is 344 g/mol. The van der Waals surface area contributed by atoms with Gasteiger partial charge < -0.3 is 5.32 Å². The molecule has 0 spiro atoms. The van der Waals surface area contributed by atoms with Crippen molar-refractivity contribution in [2.24, 2.45) is 7.05 Å². The molecular weight excluding hydrogens is 327 g/mol. The Morgan fingerprint density at radius 3 is 2.75 bits per heavy atom. The molecular formula is C17H17FN4OS. The summed E-state index contributed by atoms with van der Waals surface area (Å²) in [5, 5.41) is 7.54. The minimum atomic E-state index is -0.302. The van der Waals surface area contributed by atoms with Crippen molar-refractivity contribution >= 4 is 17.2 Å². The number of halogens is 1. The van der Waals surface area contributed by atoms with E-state index in [1.54, 1.807) is 37.5 Å². The second-order valence-electron chi connectivity index (χ2n) is 5.48. The molecule has 1 unspecified atom stereocenters. The fourth-order valence-corrected chi connectivity index (χ4v) is 3.59. The number of nitrogens with zero attached hydrogens (tertiary/aromatic N) is 3. The highest BCUT2D eigenvalue weighted by Crippen LogP contribution is 2.33. The lowest BCUT2D eigenvalue weighted by Gasteiger charge is -2.12. The van der Waals surface area contributed by atoms with Gasteiger partial charge in [0.2, 0.25) is 0 Å². The van der Waals surface area contributed by atoms with Gasteiger partial charge in [0.05, 0.1) is 16.6 Å². The fourth-order valence-electron chi connectivity index (χ4n) is 2.49. The van der Waals surface area contributed by atoms with E-state index in [4.69, 9.17) is 0 Å². The molecule has 5 nitrogen and oxygen atoms in total. The summed E-state index contributed by atoms with van der Waals surface area (Å²) in [6.07, 6.45) is 1.58. The second kappa shape index (κ2) is 6.52. The molecule has 3 aromatic rings. The van der Waals surface area contributed by atoms with Crippen molar-refractivity contribution < 1.29 is 9.18 Å². The Balaban J connectivity index is 1.84. The summed E-state index contributed by atoms with van der Waals surface area (Å²) in [6.45, 7) is 3.75. The third kappa shape index (κ3) is 3.07. The number of thiazole rings is 1. The molecule has 0 radical (unpaired) electrons. The van der Waals surface area contributed by atoms with E-state index in [0.717, 1.165) is 10.6 Å². The molecule has 1 N–H and O–H groups in total. The van der Waals surface area contributed by atoms with Gasteiger partial charge in [0.1, 0.15) is 16.5 Å². The smallest absolute Gasteiger partial charge is 0.270 e. The molecule has 2 heterocycles. The number of benzene rings is 1. The summed E-state index contributed by atoms with van der Waals surface area (Å²) in [5.74, 6) is -0.507. The van der Waals surface area contributed by atoms with Crippen LogP contribution in [0.25, 0.3) is 10.6 Å². The predicted molar refractivity (Wildman–Crippen MR) is 91.3 cm³/mol. The molecule has 1 atom stereocenters. The summed E-state index contributed by atoms with van der Waals surface area (Å²) in [4.78, 5) is 17.7. The number of amides is 1. The SMILES string of the molecule is Cc1nc(-c2ccccc2F)sc1C(C)NC(=O)c1ccnn1C. The van der Waals surface area contributed by atoms with E-state index in [-0.39, 0.29) is 17.8 Å². The Kier molecular flexibility index (Phi) is 4.44. The van der Waals surface area contributed by atoms with Crippen LogP contribution in [0.3, 0.4) is 0 Å². The van der Waals surface area contributed by atoms with Gasteiger partial charge in [-0.3, -0.25) is 9.48 Å². The lowest BCUT2D eigenvalue weighted by atomic mass is 10.2. The zero-order chi connectivity index (χ0) is 17.3. The van der Waals surface area contributed by atoms with Crippen LogP contribution >= 0.6 is 11.3 Å². The normalized spacial score (nSPS) is 12.2. The number of hydrogen-bond donors (Lipinski definition) is 1. The first kappa shape index (κ1) is 16.3. The molecule has 1 aromatic carbocycles. The largest absolute Gasteiger partial charge is 0.343 e. The minimum Gasteiger partial charge on any atom is -0.343 e. The lowest BCUT2D eigenvalue weighted by molar-refractivity contribution is 0.0931. The van der Waals surface area contributed by atoms with Crippen molar-refractivity contribution in [2.75, 3.05) is 0 Å². The molecule has 2 aromatic heterocycles. The van der Waals surface area contributed by atoms with Gasteiger partial charge in [-0.05, 0) is 32.0 Å². The standard InChI is InChI=1S/C17H17FN4OS/c1-10(20-16(23)14-8-9-19-22(14)3)15-11(2)21-17(24-15)12-6-4-5-7-13(12)18/h4-10H,1-3H3,(H,20,23). The van der Waals surface area contributed by atoms with Crippen molar-refractivity contribution in [1.29, 1.82) is 0 Å². The lowest BCUT2D eigenvalue weighted by Crippen LogP contribution is -2.28. The van der Waals surface area contributed by atoms with Crippen LogP contribution in [0.4, 0.5) is 4.39 Å². The summed E-state index contributed by atoms with van der Waals surface area (Å²) >= 11 is 1.39. The zero-order valence-electron chi connectivity index (χ0n) is 13.6. The monoisotopic (exact) mass is 344 g/mol.